The van der Waals surface area contributed by atoms with Gasteiger partial charge in [-0.2, -0.15) is 0 Å². The molecule has 0 radical (unpaired) electrons. The van der Waals surface area contributed by atoms with Crippen LogP contribution in [0.3, 0.4) is 0 Å². The summed E-state index contributed by atoms with van der Waals surface area (Å²) in [6.45, 7) is 9.17. The number of aliphatic hydroxyl groups is 1. The van der Waals surface area contributed by atoms with Gasteiger partial charge in [0.25, 0.3) is 5.91 Å². The van der Waals surface area contributed by atoms with Gasteiger partial charge in [0, 0.05) is 18.3 Å². The number of hydrogen-bond donors (Lipinski definition) is 3. The Morgan fingerprint density at radius 3 is 2.33 bits per heavy atom. The van der Waals surface area contributed by atoms with E-state index in [1.165, 1.54) is 7.11 Å². The number of imide groups is 2. The maximum Gasteiger partial charge on any atom is 0.359 e. The molecule has 0 aromatic heterocycles. The number of benzene rings is 1. The summed E-state index contributed by atoms with van der Waals surface area (Å²) >= 11 is 0. The standard InChI is InChI=1S/C21H33N3O6/c1-14(2)10-11-17(25)18(26)24(29)20(28)23(13-21(3,4)5)19(27)22-15-8-7-9-16(12-15)30-6/h7-9,12,14,17,25,29H,10-11,13H2,1-6H3,(H,22,27)/t17-/m0/s1. The van der Waals surface area contributed by atoms with Crippen molar-refractivity contribution in [1.29, 1.82) is 0 Å². The van der Waals surface area contributed by atoms with E-state index in [9.17, 15) is 24.7 Å². The van der Waals surface area contributed by atoms with Crippen LogP contribution < -0.4 is 10.1 Å². The van der Waals surface area contributed by atoms with Crippen LogP contribution in [-0.2, 0) is 4.79 Å². The van der Waals surface area contributed by atoms with Crippen molar-refractivity contribution < 1.29 is 29.4 Å². The minimum absolute atomic E-state index is 0.0753. The van der Waals surface area contributed by atoms with E-state index < -0.39 is 29.5 Å². The van der Waals surface area contributed by atoms with Crippen LogP contribution in [0.15, 0.2) is 24.3 Å². The third-order valence-corrected chi connectivity index (χ3v) is 4.12. The minimum atomic E-state index is -1.54. The van der Waals surface area contributed by atoms with Crippen LogP contribution in [0.1, 0.15) is 47.5 Å². The molecule has 1 aromatic carbocycles. The van der Waals surface area contributed by atoms with Crippen LogP contribution in [0.4, 0.5) is 15.3 Å². The van der Waals surface area contributed by atoms with E-state index in [2.05, 4.69) is 5.32 Å². The molecule has 1 aromatic rings. The van der Waals surface area contributed by atoms with Gasteiger partial charge in [0.15, 0.2) is 0 Å². The summed E-state index contributed by atoms with van der Waals surface area (Å²) in [5.41, 5.74) is -0.138. The number of anilines is 1. The lowest BCUT2D eigenvalue weighted by molar-refractivity contribution is -0.164. The first kappa shape index (κ1) is 25.4. The van der Waals surface area contributed by atoms with Crippen LogP contribution in [0.2, 0.25) is 0 Å². The predicted octanol–water partition coefficient (Wildman–Crippen LogP) is 3.71. The number of nitrogens with zero attached hydrogens (tertiary/aromatic N) is 2. The minimum Gasteiger partial charge on any atom is -0.497 e. The number of carbonyl (C=O) groups excluding carboxylic acids is 3. The van der Waals surface area contributed by atoms with Crippen molar-refractivity contribution in [2.45, 2.75) is 53.6 Å². The Kier molecular flexibility index (Phi) is 9.25. The number of amides is 5. The van der Waals surface area contributed by atoms with E-state index in [0.29, 0.717) is 17.9 Å². The van der Waals surface area contributed by atoms with E-state index in [1.807, 2.05) is 13.8 Å². The number of rotatable bonds is 7. The van der Waals surface area contributed by atoms with Gasteiger partial charge in [-0.25, -0.2) is 14.5 Å². The maximum absolute atomic E-state index is 12.8. The second kappa shape index (κ2) is 10.9. The van der Waals surface area contributed by atoms with E-state index in [-0.39, 0.29) is 23.9 Å². The Hall–Kier alpha value is -2.65. The van der Waals surface area contributed by atoms with Crippen molar-refractivity contribution >= 4 is 23.7 Å². The van der Waals surface area contributed by atoms with E-state index >= 15 is 0 Å². The maximum atomic E-state index is 12.8. The molecule has 0 unspecified atom stereocenters. The van der Waals surface area contributed by atoms with Gasteiger partial charge in [0.2, 0.25) is 0 Å². The lowest BCUT2D eigenvalue weighted by Gasteiger charge is -2.30. The third-order valence-electron chi connectivity index (χ3n) is 4.12. The highest BCUT2D eigenvalue weighted by molar-refractivity contribution is 6.05. The Morgan fingerprint density at radius 2 is 1.80 bits per heavy atom. The lowest BCUT2D eigenvalue weighted by Crippen LogP contribution is -2.53. The monoisotopic (exact) mass is 423 g/mol. The van der Waals surface area contributed by atoms with Crippen molar-refractivity contribution in [1.82, 2.24) is 9.96 Å². The Bertz CT molecular complexity index is 745. The molecule has 0 saturated heterocycles. The molecule has 30 heavy (non-hydrogen) atoms. The second-order valence-corrected chi connectivity index (χ2v) is 8.73. The molecule has 1 atom stereocenters. The number of carbonyl (C=O) groups is 3. The highest BCUT2D eigenvalue weighted by Crippen LogP contribution is 2.20. The molecule has 0 bridgehead atoms. The summed E-state index contributed by atoms with van der Waals surface area (Å²) in [5, 5.41) is 22.5. The topological polar surface area (TPSA) is 119 Å². The number of hydroxylamine groups is 2. The zero-order chi connectivity index (χ0) is 23.1. The molecular formula is C21H33N3O6. The van der Waals surface area contributed by atoms with Crippen LogP contribution in [0.5, 0.6) is 5.75 Å². The molecular weight excluding hydrogens is 390 g/mol. The highest BCUT2D eigenvalue weighted by atomic mass is 16.5. The summed E-state index contributed by atoms with van der Waals surface area (Å²) in [4.78, 5) is 38.5. The first-order chi connectivity index (χ1) is 13.9. The van der Waals surface area contributed by atoms with E-state index in [1.54, 1.807) is 45.0 Å². The van der Waals surface area contributed by atoms with Gasteiger partial charge in [-0.15, -0.1) is 5.06 Å². The van der Waals surface area contributed by atoms with Gasteiger partial charge in [-0.1, -0.05) is 40.7 Å². The molecule has 3 N–H and O–H groups in total. The van der Waals surface area contributed by atoms with Crippen LogP contribution in [0.25, 0.3) is 0 Å². The first-order valence-electron chi connectivity index (χ1n) is 9.83. The van der Waals surface area contributed by atoms with Gasteiger partial charge >= 0.3 is 12.1 Å². The molecule has 0 heterocycles. The fraction of sp³-hybridized carbons (Fsp3) is 0.571. The second-order valence-electron chi connectivity index (χ2n) is 8.73. The molecule has 0 saturated carbocycles. The Balaban J connectivity index is 3.00. The van der Waals surface area contributed by atoms with Gasteiger partial charge < -0.3 is 15.2 Å². The van der Waals surface area contributed by atoms with Crippen LogP contribution in [-0.4, -0.2) is 58.0 Å². The summed E-state index contributed by atoms with van der Waals surface area (Å²) in [6.07, 6.45) is -0.910. The SMILES string of the molecule is COc1cccc(NC(=O)N(CC(C)(C)C)C(=O)N(O)C(=O)[C@@H](O)CCC(C)C)c1. The average Bonchev–Trinajstić information content (AvgIpc) is 2.67. The zero-order valence-corrected chi connectivity index (χ0v) is 18.5. The van der Waals surface area contributed by atoms with Crippen LogP contribution in [0, 0.1) is 11.3 Å². The number of aliphatic hydroxyl groups excluding tert-OH is 1. The normalized spacial score (nSPS) is 12.3. The fourth-order valence-corrected chi connectivity index (χ4v) is 2.56. The zero-order valence-electron chi connectivity index (χ0n) is 18.5. The van der Waals surface area contributed by atoms with Gasteiger partial charge in [-0.3, -0.25) is 10.0 Å². The highest BCUT2D eigenvalue weighted by Gasteiger charge is 2.35. The molecule has 1 rings (SSSR count). The first-order valence-corrected chi connectivity index (χ1v) is 9.83. The molecule has 0 aliphatic rings. The number of hydrogen-bond acceptors (Lipinski definition) is 6. The van der Waals surface area contributed by atoms with Gasteiger partial charge in [0.1, 0.15) is 11.9 Å². The van der Waals surface area contributed by atoms with Gasteiger partial charge in [-0.05, 0) is 36.3 Å². The smallest absolute Gasteiger partial charge is 0.359 e. The summed E-state index contributed by atoms with van der Waals surface area (Å²) in [6, 6.07) is 4.47. The molecule has 0 fully saturated rings. The van der Waals surface area contributed by atoms with Crippen molar-refractivity contribution in [3.63, 3.8) is 0 Å². The molecule has 5 amide bonds. The molecule has 168 valence electrons. The third kappa shape index (κ3) is 8.00. The fourth-order valence-electron chi connectivity index (χ4n) is 2.56. The van der Waals surface area contributed by atoms with Crippen molar-refractivity contribution in [2.24, 2.45) is 11.3 Å². The summed E-state index contributed by atoms with van der Waals surface area (Å²) in [5.74, 6) is -0.427. The Morgan fingerprint density at radius 1 is 1.17 bits per heavy atom. The number of nitrogens with one attached hydrogen (secondary N) is 1. The van der Waals surface area contributed by atoms with Crippen molar-refractivity contribution in [2.75, 3.05) is 19.0 Å². The average molecular weight is 424 g/mol. The quantitative estimate of drug-likeness (QED) is 0.454. The van der Waals surface area contributed by atoms with Crippen LogP contribution >= 0.6 is 0 Å². The largest absolute Gasteiger partial charge is 0.497 e. The van der Waals surface area contributed by atoms with Crippen molar-refractivity contribution in [3.8, 4) is 5.75 Å². The number of urea groups is 2. The van der Waals surface area contributed by atoms with Crippen molar-refractivity contribution in [3.05, 3.63) is 24.3 Å². The molecule has 0 spiro atoms. The summed E-state index contributed by atoms with van der Waals surface area (Å²) < 4.78 is 5.11. The van der Waals surface area contributed by atoms with E-state index in [0.717, 1.165) is 4.90 Å². The molecule has 9 nitrogen and oxygen atoms in total. The Labute approximate surface area is 177 Å². The van der Waals surface area contributed by atoms with E-state index in [4.69, 9.17) is 4.74 Å². The van der Waals surface area contributed by atoms with Gasteiger partial charge in [0.05, 0.1) is 7.11 Å². The molecule has 0 aliphatic heterocycles. The lowest BCUT2D eigenvalue weighted by atomic mass is 9.96. The molecule has 0 aliphatic carbocycles. The summed E-state index contributed by atoms with van der Waals surface area (Å²) in [7, 11) is 1.48. The number of ether oxygens (including phenoxy) is 1. The molecule has 9 heteroatoms. The number of methoxy groups -OCH3 is 1. The predicted molar refractivity (Wildman–Crippen MR) is 112 cm³/mol.